The van der Waals surface area contributed by atoms with E-state index < -0.39 is 22.0 Å². The number of aromatic amines is 1. The fraction of sp³-hybridized carbons (Fsp3) is 0.167. The molecule has 20 heavy (non-hydrogen) atoms. The molecule has 2 rings (SSSR count). The van der Waals surface area contributed by atoms with Crippen LogP contribution >= 0.6 is 0 Å². The van der Waals surface area contributed by atoms with Crippen LogP contribution in [0.15, 0.2) is 47.6 Å². The molecule has 1 atom stereocenters. The first-order chi connectivity index (χ1) is 9.49. The zero-order chi connectivity index (χ0) is 14.6. The van der Waals surface area contributed by atoms with Crippen molar-refractivity contribution in [1.29, 1.82) is 0 Å². The molecule has 1 heterocycles. The number of nitrogens with one attached hydrogen (secondary N) is 2. The Kier molecular flexibility index (Phi) is 4.16. The third-order valence-corrected chi connectivity index (χ3v) is 4.04. The van der Waals surface area contributed by atoms with Gasteiger partial charge in [-0.3, -0.25) is 9.89 Å². The minimum absolute atomic E-state index is 0.108. The van der Waals surface area contributed by atoms with Crippen molar-refractivity contribution in [3.8, 4) is 0 Å². The Hall–Kier alpha value is -2.19. The van der Waals surface area contributed by atoms with E-state index in [1.807, 2.05) is 0 Å². The van der Waals surface area contributed by atoms with E-state index in [-0.39, 0.29) is 11.4 Å². The van der Waals surface area contributed by atoms with Crippen LogP contribution in [-0.2, 0) is 14.8 Å². The summed E-state index contributed by atoms with van der Waals surface area (Å²) in [5, 5.41) is 14.7. The topological polar surface area (TPSA) is 112 Å². The second kappa shape index (κ2) is 5.85. The van der Waals surface area contributed by atoms with Crippen LogP contribution in [-0.4, -0.2) is 29.7 Å². The Morgan fingerprint density at radius 3 is 2.55 bits per heavy atom. The molecule has 0 bridgehead atoms. The van der Waals surface area contributed by atoms with Crippen molar-refractivity contribution in [2.45, 2.75) is 17.5 Å². The highest BCUT2D eigenvalue weighted by Gasteiger charge is 2.24. The molecule has 0 spiro atoms. The molecule has 7 nitrogen and oxygen atoms in total. The van der Waals surface area contributed by atoms with Gasteiger partial charge >= 0.3 is 5.97 Å². The van der Waals surface area contributed by atoms with Crippen LogP contribution < -0.4 is 4.72 Å². The molecule has 1 unspecified atom stereocenters. The average molecular weight is 295 g/mol. The Morgan fingerprint density at radius 2 is 2.00 bits per heavy atom. The first-order valence-electron chi connectivity index (χ1n) is 5.77. The van der Waals surface area contributed by atoms with E-state index in [2.05, 4.69) is 14.9 Å². The maximum atomic E-state index is 12.1. The van der Waals surface area contributed by atoms with Gasteiger partial charge in [0.15, 0.2) is 5.03 Å². The third kappa shape index (κ3) is 3.43. The standard InChI is InChI=1S/C12H13N3O4S/c16-12(17)8-10(9-4-2-1-3-5-9)15-20(18,19)11-6-7-13-14-11/h1-7,10,15H,8H2,(H,13,14)(H,16,17). The van der Waals surface area contributed by atoms with Crippen LogP contribution in [0, 0.1) is 0 Å². The summed E-state index contributed by atoms with van der Waals surface area (Å²) in [6.45, 7) is 0. The second-order valence-corrected chi connectivity index (χ2v) is 5.79. The number of sulfonamides is 1. The van der Waals surface area contributed by atoms with Gasteiger partial charge < -0.3 is 5.11 Å². The summed E-state index contributed by atoms with van der Waals surface area (Å²) in [5.41, 5.74) is 0.581. The van der Waals surface area contributed by atoms with Gasteiger partial charge in [-0.2, -0.15) is 5.10 Å². The van der Waals surface area contributed by atoms with Crippen LogP contribution in [0.1, 0.15) is 18.0 Å². The van der Waals surface area contributed by atoms with Gasteiger partial charge in [-0.25, -0.2) is 13.1 Å². The number of carboxylic acids is 1. The smallest absolute Gasteiger partial charge is 0.305 e. The highest BCUT2D eigenvalue weighted by molar-refractivity contribution is 7.89. The highest BCUT2D eigenvalue weighted by Crippen LogP contribution is 2.19. The summed E-state index contributed by atoms with van der Waals surface area (Å²) < 4.78 is 26.5. The Morgan fingerprint density at radius 1 is 1.30 bits per heavy atom. The van der Waals surface area contributed by atoms with Crippen molar-refractivity contribution >= 4 is 16.0 Å². The number of rotatable bonds is 6. The summed E-state index contributed by atoms with van der Waals surface area (Å²) >= 11 is 0. The van der Waals surface area contributed by atoms with E-state index in [0.717, 1.165) is 0 Å². The van der Waals surface area contributed by atoms with Crippen LogP contribution in [0.5, 0.6) is 0 Å². The maximum Gasteiger partial charge on any atom is 0.305 e. The first-order valence-corrected chi connectivity index (χ1v) is 7.26. The van der Waals surface area contributed by atoms with Crippen LogP contribution in [0.3, 0.4) is 0 Å². The van der Waals surface area contributed by atoms with Gasteiger partial charge in [-0.1, -0.05) is 30.3 Å². The number of carboxylic acid groups (broad SMARTS) is 1. The molecule has 2 aromatic rings. The van der Waals surface area contributed by atoms with E-state index >= 15 is 0 Å². The fourth-order valence-electron chi connectivity index (χ4n) is 1.73. The Bertz CT molecular complexity index is 668. The number of hydrogen-bond acceptors (Lipinski definition) is 4. The lowest BCUT2D eigenvalue weighted by atomic mass is 10.1. The summed E-state index contributed by atoms with van der Waals surface area (Å²) in [7, 11) is -3.84. The number of aromatic nitrogens is 2. The van der Waals surface area contributed by atoms with E-state index in [4.69, 9.17) is 5.11 Å². The molecule has 0 radical (unpaired) electrons. The van der Waals surface area contributed by atoms with Gasteiger partial charge in [0.1, 0.15) is 0 Å². The molecule has 0 fully saturated rings. The SMILES string of the molecule is O=C(O)CC(NS(=O)(=O)c1ccn[nH]1)c1ccccc1. The highest BCUT2D eigenvalue weighted by atomic mass is 32.2. The number of aliphatic carboxylic acids is 1. The van der Waals surface area contributed by atoms with Crippen LogP contribution in [0.25, 0.3) is 0 Å². The van der Waals surface area contributed by atoms with Crippen molar-refractivity contribution in [2.75, 3.05) is 0 Å². The van der Waals surface area contributed by atoms with Crippen LogP contribution in [0.2, 0.25) is 0 Å². The fourth-order valence-corrected chi connectivity index (χ4v) is 2.86. The molecule has 0 saturated heterocycles. The van der Waals surface area contributed by atoms with Crippen molar-refractivity contribution in [3.63, 3.8) is 0 Å². The zero-order valence-corrected chi connectivity index (χ0v) is 11.2. The lowest BCUT2D eigenvalue weighted by Crippen LogP contribution is -2.30. The van der Waals surface area contributed by atoms with Gasteiger partial charge in [0.25, 0.3) is 10.0 Å². The lowest BCUT2D eigenvalue weighted by Gasteiger charge is -2.16. The molecule has 3 N–H and O–H groups in total. The monoisotopic (exact) mass is 295 g/mol. The molecule has 8 heteroatoms. The predicted octanol–water partition coefficient (Wildman–Crippen LogP) is 0.904. The van der Waals surface area contributed by atoms with Gasteiger partial charge in [0.05, 0.1) is 18.7 Å². The Labute approximate surface area is 115 Å². The molecule has 1 aromatic heterocycles. The van der Waals surface area contributed by atoms with E-state index in [1.165, 1.54) is 12.3 Å². The molecular formula is C12H13N3O4S. The Balaban J connectivity index is 2.27. The van der Waals surface area contributed by atoms with Crippen molar-refractivity contribution < 1.29 is 18.3 Å². The van der Waals surface area contributed by atoms with Crippen molar-refractivity contribution in [1.82, 2.24) is 14.9 Å². The third-order valence-electron chi connectivity index (χ3n) is 2.64. The van der Waals surface area contributed by atoms with Crippen LogP contribution in [0.4, 0.5) is 0 Å². The molecule has 0 amide bonds. The summed E-state index contributed by atoms with van der Waals surface area (Å²) in [5.74, 6) is -1.09. The predicted molar refractivity (Wildman–Crippen MR) is 70.3 cm³/mol. The number of benzene rings is 1. The molecule has 106 valence electrons. The molecule has 0 aliphatic heterocycles. The number of nitrogens with zero attached hydrogens (tertiary/aromatic N) is 1. The molecule has 0 saturated carbocycles. The molecule has 0 aliphatic rings. The van der Waals surface area contributed by atoms with Crippen molar-refractivity contribution in [2.24, 2.45) is 0 Å². The molecule has 0 aliphatic carbocycles. The lowest BCUT2D eigenvalue weighted by molar-refractivity contribution is -0.137. The zero-order valence-electron chi connectivity index (χ0n) is 10.4. The quantitative estimate of drug-likeness (QED) is 0.733. The second-order valence-electron chi connectivity index (χ2n) is 4.10. The van der Waals surface area contributed by atoms with Crippen molar-refractivity contribution in [3.05, 3.63) is 48.2 Å². The number of H-pyrrole nitrogens is 1. The molecule has 1 aromatic carbocycles. The average Bonchev–Trinajstić information content (AvgIpc) is 2.93. The van der Waals surface area contributed by atoms with E-state index in [9.17, 15) is 13.2 Å². The summed E-state index contributed by atoms with van der Waals surface area (Å²) in [4.78, 5) is 10.9. The van der Waals surface area contributed by atoms with Gasteiger partial charge in [-0.05, 0) is 11.6 Å². The minimum Gasteiger partial charge on any atom is -0.481 e. The van der Waals surface area contributed by atoms with Gasteiger partial charge in [-0.15, -0.1) is 0 Å². The first kappa shape index (κ1) is 14.2. The largest absolute Gasteiger partial charge is 0.481 e. The number of hydrogen-bond donors (Lipinski definition) is 3. The normalized spacial score (nSPS) is 13.0. The van der Waals surface area contributed by atoms with E-state index in [1.54, 1.807) is 30.3 Å². The summed E-state index contributed by atoms with van der Waals surface area (Å²) in [6.07, 6.45) is 0.959. The van der Waals surface area contributed by atoms with Gasteiger partial charge in [0.2, 0.25) is 0 Å². The minimum atomic E-state index is -3.84. The number of carbonyl (C=O) groups is 1. The van der Waals surface area contributed by atoms with E-state index in [0.29, 0.717) is 5.56 Å². The van der Waals surface area contributed by atoms with Gasteiger partial charge in [0, 0.05) is 0 Å². The summed E-state index contributed by atoms with van der Waals surface area (Å²) in [6, 6.07) is 8.99. The molecular weight excluding hydrogens is 282 g/mol. The maximum absolute atomic E-state index is 12.1.